The lowest BCUT2D eigenvalue weighted by molar-refractivity contribution is 0.168. The molecular formula is C15H18N4O3. The van der Waals surface area contributed by atoms with Crippen LogP contribution in [0.25, 0.3) is 0 Å². The fraction of sp³-hybridized carbons (Fsp3) is 0.267. The molecule has 7 heteroatoms. The number of aromatic nitrogens is 2. The zero-order chi connectivity index (χ0) is 15.8. The molecule has 0 saturated heterocycles. The molecule has 0 unspecified atom stereocenters. The Bertz CT molecular complexity index is 599. The Kier molecular flexibility index (Phi) is 5.53. The Labute approximate surface area is 128 Å². The van der Waals surface area contributed by atoms with Crippen LogP contribution in [0, 0.1) is 0 Å². The standard InChI is InChI=1S/C15H18N4O3/c1-3-22-15(20)17-14-9-8-13(18-19-14)16-10-11-4-6-12(21-2)7-5-11/h4-9H,3,10H2,1-2H3,(H,16,18)(H,17,19,20). The van der Waals surface area contributed by atoms with E-state index in [2.05, 4.69) is 20.8 Å². The number of hydrogen-bond acceptors (Lipinski definition) is 6. The first-order valence-electron chi connectivity index (χ1n) is 6.85. The van der Waals surface area contributed by atoms with Crippen LogP contribution >= 0.6 is 0 Å². The van der Waals surface area contributed by atoms with Crippen molar-refractivity contribution in [2.75, 3.05) is 24.4 Å². The summed E-state index contributed by atoms with van der Waals surface area (Å²) >= 11 is 0. The number of ether oxygens (including phenoxy) is 2. The van der Waals surface area contributed by atoms with Gasteiger partial charge in [-0.1, -0.05) is 12.1 Å². The van der Waals surface area contributed by atoms with E-state index in [1.165, 1.54) is 0 Å². The van der Waals surface area contributed by atoms with Crippen molar-refractivity contribution in [1.82, 2.24) is 10.2 Å². The summed E-state index contributed by atoms with van der Waals surface area (Å²) in [5.74, 6) is 1.77. The predicted molar refractivity (Wildman–Crippen MR) is 83.0 cm³/mol. The highest BCUT2D eigenvalue weighted by Crippen LogP contribution is 2.13. The number of amides is 1. The third-order valence-electron chi connectivity index (χ3n) is 2.80. The Hall–Kier alpha value is -2.83. The van der Waals surface area contributed by atoms with Gasteiger partial charge in [0.1, 0.15) is 11.6 Å². The Morgan fingerprint density at radius 1 is 1.09 bits per heavy atom. The Morgan fingerprint density at radius 2 is 1.77 bits per heavy atom. The van der Waals surface area contributed by atoms with Crippen molar-refractivity contribution in [3.8, 4) is 5.75 Å². The van der Waals surface area contributed by atoms with Crippen molar-refractivity contribution in [2.45, 2.75) is 13.5 Å². The molecule has 1 aromatic carbocycles. The van der Waals surface area contributed by atoms with Gasteiger partial charge < -0.3 is 14.8 Å². The fourth-order valence-electron chi connectivity index (χ4n) is 1.70. The molecular weight excluding hydrogens is 284 g/mol. The predicted octanol–water partition coefficient (Wildman–Crippen LogP) is 2.67. The molecule has 1 amide bonds. The summed E-state index contributed by atoms with van der Waals surface area (Å²) in [6, 6.07) is 11.1. The number of rotatable bonds is 6. The zero-order valence-corrected chi connectivity index (χ0v) is 12.5. The van der Waals surface area contributed by atoms with Crippen molar-refractivity contribution in [1.29, 1.82) is 0 Å². The van der Waals surface area contributed by atoms with Crippen LogP contribution in [0.4, 0.5) is 16.4 Å². The molecule has 2 aromatic rings. The number of anilines is 2. The van der Waals surface area contributed by atoms with Crippen LogP contribution in [-0.4, -0.2) is 30.0 Å². The number of nitrogens with zero attached hydrogens (tertiary/aromatic N) is 2. The molecule has 7 nitrogen and oxygen atoms in total. The first-order chi connectivity index (χ1) is 10.7. The van der Waals surface area contributed by atoms with E-state index < -0.39 is 6.09 Å². The minimum Gasteiger partial charge on any atom is -0.497 e. The highest BCUT2D eigenvalue weighted by molar-refractivity contribution is 5.83. The van der Waals surface area contributed by atoms with Gasteiger partial charge in [-0.3, -0.25) is 5.32 Å². The van der Waals surface area contributed by atoms with Gasteiger partial charge in [-0.25, -0.2) is 4.79 Å². The van der Waals surface area contributed by atoms with Crippen LogP contribution < -0.4 is 15.4 Å². The van der Waals surface area contributed by atoms with Gasteiger partial charge in [-0.05, 0) is 36.8 Å². The van der Waals surface area contributed by atoms with Crippen LogP contribution in [0.1, 0.15) is 12.5 Å². The minimum absolute atomic E-state index is 0.306. The van der Waals surface area contributed by atoms with Crippen molar-refractivity contribution < 1.29 is 14.3 Å². The van der Waals surface area contributed by atoms with Crippen molar-refractivity contribution in [3.63, 3.8) is 0 Å². The topological polar surface area (TPSA) is 85.4 Å². The smallest absolute Gasteiger partial charge is 0.412 e. The molecule has 0 spiro atoms. The largest absolute Gasteiger partial charge is 0.497 e. The molecule has 0 aliphatic carbocycles. The number of nitrogens with one attached hydrogen (secondary N) is 2. The summed E-state index contributed by atoms with van der Waals surface area (Å²) in [4.78, 5) is 11.2. The zero-order valence-electron chi connectivity index (χ0n) is 12.5. The number of methoxy groups -OCH3 is 1. The monoisotopic (exact) mass is 302 g/mol. The Morgan fingerprint density at radius 3 is 2.36 bits per heavy atom. The molecule has 0 saturated carbocycles. The van der Waals surface area contributed by atoms with E-state index in [-0.39, 0.29) is 0 Å². The molecule has 116 valence electrons. The molecule has 0 atom stereocenters. The van der Waals surface area contributed by atoms with E-state index in [0.29, 0.717) is 24.8 Å². The maximum absolute atomic E-state index is 11.2. The Balaban J connectivity index is 1.86. The van der Waals surface area contributed by atoms with Crippen molar-refractivity contribution in [3.05, 3.63) is 42.0 Å². The summed E-state index contributed by atoms with van der Waals surface area (Å²) < 4.78 is 9.86. The summed E-state index contributed by atoms with van der Waals surface area (Å²) in [5, 5.41) is 13.5. The number of benzene rings is 1. The average Bonchev–Trinajstić information content (AvgIpc) is 2.55. The average molecular weight is 302 g/mol. The minimum atomic E-state index is -0.546. The molecule has 1 aromatic heterocycles. The van der Waals surface area contributed by atoms with E-state index in [1.54, 1.807) is 26.2 Å². The summed E-state index contributed by atoms with van der Waals surface area (Å²) in [6.45, 7) is 2.65. The van der Waals surface area contributed by atoms with Crippen LogP contribution in [0.3, 0.4) is 0 Å². The van der Waals surface area contributed by atoms with Crippen molar-refractivity contribution >= 4 is 17.7 Å². The van der Waals surface area contributed by atoms with Gasteiger partial charge in [0, 0.05) is 6.54 Å². The second kappa shape index (κ2) is 7.82. The van der Waals surface area contributed by atoms with Crippen LogP contribution in [-0.2, 0) is 11.3 Å². The quantitative estimate of drug-likeness (QED) is 0.853. The van der Waals surface area contributed by atoms with E-state index in [1.807, 2.05) is 24.3 Å². The van der Waals surface area contributed by atoms with Crippen molar-refractivity contribution in [2.24, 2.45) is 0 Å². The van der Waals surface area contributed by atoms with E-state index in [9.17, 15) is 4.79 Å². The van der Waals surface area contributed by atoms with Gasteiger partial charge in [0.25, 0.3) is 0 Å². The second-order valence-corrected chi connectivity index (χ2v) is 4.35. The van der Waals surface area contributed by atoms with Crippen LogP contribution in [0.15, 0.2) is 36.4 Å². The lowest BCUT2D eigenvalue weighted by atomic mass is 10.2. The second-order valence-electron chi connectivity index (χ2n) is 4.35. The van der Waals surface area contributed by atoms with E-state index in [4.69, 9.17) is 9.47 Å². The molecule has 22 heavy (non-hydrogen) atoms. The molecule has 0 fully saturated rings. The van der Waals surface area contributed by atoms with Gasteiger partial charge in [0.05, 0.1) is 13.7 Å². The SMILES string of the molecule is CCOC(=O)Nc1ccc(NCc2ccc(OC)cc2)nn1. The fourth-order valence-corrected chi connectivity index (χ4v) is 1.70. The molecule has 2 rings (SSSR count). The number of carbonyl (C=O) groups is 1. The van der Waals surface area contributed by atoms with Gasteiger partial charge in [0.2, 0.25) is 0 Å². The van der Waals surface area contributed by atoms with Crippen LogP contribution in [0.5, 0.6) is 5.75 Å². The lowest BCUT2D eigenvalue weighted by Gasteiger charge is -2.07. The molecule has 0 aliphatic heterocycles. The lowest BCUT2D eigenvalue weighted by Crippen LogP contribution is -2.14. The molecule has 0 aliphatic rings. The summed E-state index contributed by atoms with van der Waals surface area (Å²) in [7, 11) is 1.63. The van der Waals surface area contributed by atoms with E-state index in [0.717, 1.165) is 11.3 Å². The summed E-state index contributed by atoms with van der Waals surface area (Å²) in [5.41, 5.74) is 1.09. The third-order valence-corrected chi connectivity index (χ3v) is 2.80. The third kappa shape index (κ3) is 4.62. The van der Waals surface area contributed by atoms with Gasteiger partial charge in [-0.15, -0.1) is 10.2 Å². The molecule has 0 radical (unpaired) electrons. The highest BCUT2D eigenvalue weighted by atomic mass is 16.5. The van der Waals surface area contributed by atoms with Crippen LogP contribution in [0.2, 0.25) is 0 Å². The maximum atomic E-state index is 11.2. The van der Waals surface area contributed by atoms with Gasteiger partial charge >= 0.3 is 6.09 Å². The number of carbonyl (C=O) groups excluding carboxylic acids is 1. The first kappa shape index (κ1) is 15.6. The van der Waals surface area contributed by atoms with Gasteiger partial charge in [0.15, 0.2) is 5.82 Å². The first-order valence-corrected chi connectivity index (χ1v) is 6.85. The maximum Gasteiger partial charge on any atom is 0.412 e. The van der Waals surface area contributed by atoms with Gasteiger partial charge in [-0.2, -0.15) is 0 Å². The molecule has 2 N–H and O–H groups in total. The highest BCUT2D eigenvalue weighted by Gasteiger charge is 2.04. The molecule has 1 heterocycles. The summed E-state index contributed by atoms with van der Waals surface area (Å²) in [6.07, 6.45) is -0.546. The number of hydrogen-bond donors (Lipinski definition) is 2. The normalized spacial score (nSPS) is 9.91. The van der Waals surface area contributed by atoms with E-state index >= 15 is 0 Å². The molecule has 0 bridgehead atoms.